The summed E-state index contributed by atoms with van der Waals surface area (Å²) in [5, 5.41) is 66.3. The number of aromatic hydroxyl groups is 3. The fourth-order valence-corrected chi connectivity index (χ4v) is 7.40. The molecule has 2 aromatic rings. The molecule has 0 radical (unpaired) electrons. The number of hydrogen-bond donors (Lipinski definition) is 6. The number of ether oxygens (including phenoxy) is 4. The summed E-state index contributed by atoms with van der Waals surface area (Å²) < 4.78 is 23.5. The van der Waals surface area contributed by atoms with Gasteiger partial charge in [0.2, 0.25) is 0 Å². The Morgan fingerprint density at radius 2 is 1.61 bits per heavy atom. The molecule has 0 unspecified atom stereocenters. The van der Waals surface area contributed by atoms with Crippen molar-refractivity contribution < 1.29 is 58.9 Å². The van der Waals surface area contributed by atoms with Crippen LogP contribution in [-0.4, -0.2) is 105 Å². The minimum Gasteiger partial charge on any atom is -0.507 e. The first-order chi connectivity index (χ1) is 26.8. The van der Waals surface area contributed by atoms with Crippen LogP contribution in [0.1, 0.15) is 83.8 Å². The molecule has 9 atom stereocenters. The summed E-state index contributed by atoms with van der Waals surface area (Å²) in [7, 11) is 1.43. The van der Waals surface area contributed by atoms with Crippen LogP contribution in [0.3, 0.4) is 0 Å². The van der Waals surface area contributed by atoms with Gasteiger partial charge in [-0.15, -0.1) is 0 Å². The van der Waals surface area contributed by atoms with E-state index >= 15 is 0 Å². The minimum absolute atomic E-state index is 0.0520. The van der Waals surface area contributed by atoms with Crippen LogP contribution < -0.4 is 10.1 Å². The molecule has 3 heterocycles. The topological polar surface area (TPSA) is 217 Å². The summed E-state index contributed by atoms with van der Waals surface area (Å²) in [5.74, 6) is -8.38. The van der Waals surface area contributed by atoms with Crippen molar-refractivity contribution in [3.63, 3.8) is 0 Å². The molecule has 0 spiro atoms. The van der Waals surface area contributed by atoms with Crippen molar-refractivity contribution in [3.05, 3.63) is 52.8 Å². The number of ketones is 1. The van der Waals surface area contributed by atoms with Gasteiger partial charge in [0.05, 0.1) is 53.0 Å². The second kappa shape index (κ2) is 18.0. The molecular formula is C42H57N3O12. The number of aliphatic hydroxyl groups excluding tert-OH is 2. The van der Waals surface area contributed by atoms with Gasteiger partial charge in [-0.25, -0.2) is 0 Å². The van der Waals surface area contributed by atoms with E-state index in [0.717, 1.165) is 0 Å². The van der Waals surface area contributed by atoms with E-state index in [0.29, 0.717) is 13.1 Å². The van der Waals surface area contributed by atoms with Crippen molar-refractivity contribution in [1.29, 1.82) is 0 Å². The number of phenolic OH excluding ortho intramolecular Hbond substituents is 3. The van der Waals surface area contributed by atoms with E-state index in [1.165, 1.54) is 59.4 Å². The number of aliphatic hydroxyl groups is 2. The maximum atomic E-state index is 14.4. The lowest BCUT2D eigenvalue weighted by Gasteiger charge is -2.38. The molecule has 312 valence electrons. The molecule has 3 aliphatic heterocycles. The third-order valence-corrected chi connectivity index (χ3v) is 11.1. The number of methoxy groups -OCH3 is 1. The molecule has 15 nitrogen and oxygen atoms in total. The Balaban J connectivity index is 1.99. The fourth-order valence-electron chi connectivity index (χ4n) is 7.40. The second-order valence-corrected chi connectivity index (χ2v) is 15.0. The Bertz CT molecular complexity index is 1990. The van der Waals surface area contributed by atoms with Gasteiger partial charge in [-0.3, -0.25) is 19.4 Å². The van der Waals surface area contributed by atoms with Crippen molar-refractivity contribution >= 4 is 40.3 Å². The van der Waals surface area contributed by atoms with E-state index in [4.69, 9.17) is 18.9 Å². The lowest BCUT2D eigenvalue weighted by atomic mass is 9.78. The number of carbonyl (C=O) groups excluding carboxylic acids is 3. The normalized spacial score (nSPS) is 30.7. The molecule has 5 rings (SSSR count). The molecule has 0 saturated carbocycles. The monoisotopic (exact) mass is 795 g/mol. The molecule has 15 heteroatoms. The molecule has 0 aliphatic carbocycles. The largest absolute Gasteiger partial charge is 0.507 e. The van der Waals surface area contributed by atoms with E-state index in [-0.39, 0.29) is 44.5 Å². The average Bonchev–Trinajstić information content (AvgIpc) is 3.44. The average molecular weight is 796 g/mol. The summed E-state index contributed by atoms with van der Waals surface area (Å²) in [6.45, 7) is 17.2. The fraction of sp³-hybridized carbons (Fsp3) is 0.524. The smallest absolute Gasteiger partial charge is 0.312 e. The van der Waals surface area contributed by atoms with Gasteiger partial charge in [-0.1, -0.05) is 45.9 Å². The zero-order chi connectivity index (χ0) is 42.7. The molecule has 3 aliphatic rings. The highest BCUT2D eigenvalue weighted by Gasteiger charge is 2.50. The highest BCUT2D eigenvalue weighted by molar-refractivity contribution is 6.23. The SMILES string of the molecule is CCN(CC)/N=C\c1c2c(O)c3c(O)c(C)c4c(c3c1O)C(=O)[C@@](C)(O/C=C/[C@H](OC)[C@@H](C)[C@@H](OC(C)=O)[C@H](C)[C@H](O)[C@H](C)[C@@H](O)[C@@H](C)/C=C/C=C(/C)C(=O)N2)O4. The number of hydrazone groups is 1. The number of amides is 1. The third-order valence-electron chi connectivity index (χ3n) is 11.1. The van der Waals surface area contributed by atoms with Gasteiger partial charge >= 0.3 is 11.8 Å². The van der Waals surface area contributed by atoms with E-state index < -0.39 is 88.8 Å². The summed E-state index contributed by atoms with van der Waals surface area (Å²) in [4.78, 5) is 40.3. The summed E-state index contributed by atoms with van der Waals surface area (Å²) in [6, 6.07) is 0. The number of hydrogen-bond acceptors (Lipinski definition) is 14. The van der Waals surface area contributed by atoms with Crippen molar-refractivity contribution in [2.24, 2.45) is 28.8 Å². The number of phenols is 3. The van der Waals surface area contributed by atoms with Gasteiger partial charge in [-0.2, -0.15) is 5.10 Å². The van der Waals surface area contributed by atoms with Crippen LogP contribution in [-0.2, 0) is 23.8 Å². The van der Waals surface area contributed by atoms with E-state index in [9.17, 15) is 39.9 Å². The second-order valence-electron chi connectivity index (χ2n) is 15.0. The number of Topliss-reactive ketones (excluding diaryl/α,β-unsaturated/α-hetero) is 1. The Hall–Kier alpha value is -5.12. The number of carbonyl (C=O) groups is 3. The highest BCUT2D eigenvalue weighted by atomic mass is 16.7. The maximum Gasteiger partial charge on any atom is 0.312 e. The van der Waals surface area contributed by atoms with Gasteiger partial charge in [0, 0.05) is 74.2 Å². The molecule has 0 aromatic heterocycles. The van der Waals surface area contributed by atoms with Crippen LogP contribution in [0.15, 0.2) is 41.2 Å². The molecule has 0 fully saturated rings. The number of esters is 1. The van der Waals surface area contributed by atoms with Crippen LogP contribution >= 0.6 is 0 Å². The number of rotatable bonds is 6. The van der Waals surface area contributed by atoms with Gasteiger partial charge in [-0.05, 0) is 33.8 Å². The van der Waals surface area contributed by atoms with Gasteiger partial charge in [0.1, 0.15) is 23.4 Å². The standard InChI is InChI=1S/C42H57N3O12/c1-12-45(13-2)43-19-27-32-37(51)30-29(36(27)50)31-39(25(8)35(30)49)57-42(10,40(31)52)55-18-17-28(54-11)22(5)38(56-26(9)46)24(7)34(48)23(6)33(47)20(3)15-14-16-21(4)41(53)44-32/h14-20,22-24,28,33-34,38,47-51H,12-13H2,1-11H3,(H,44,53)/b15-14+,18-17+,21-16-,43-19-/t20-,22+,23+,24+,28-,33-,34+,38+,42-/m0/s1. The first-order valence-electron chi connectivity index (χ1n) is 19.1. The number of nitrogens with one attached hydrogen (secondary N) is 1. The van der Waals surface area contributed by atoms with Crippen molar-refractivity contribution in [1.82, 2.24) is 5.01 Å². The van der Waals surface area contributed by atoms with Crippen molar-refractivity contribution in [2.75, 3.05) is 25.5 Å². The molecule has 5 bridgehead atoms. The number of benzene rings is 2. The Labute approximate surface area is 333 Å². The van der Waals surface area contributed by atoms with Crippen molar-refractivity contribution in [3.8, 4) is 23.0 Å². The van der Waals surface area contributed by atoms with Gasteiger partial charge < -0.3 is 49.8 Å². The Morgan fingerprint density at radius 3 is 2.21 bits per heavy atom. The number of allylic oxidation sites excluding steroid dienone is 2. The van der Waals surface area contributed by atoms with Gasteiger partial charge in [0.25, 0.3) is 11.7 Å². The van der Waals surface area contributed by atoms with E-state index in [1.807, 2.05) is 13.8 Å². The van der Waals surface area contributed by atoms with Crippen LogP contribution in [0.25, 0.3) is 10.8 Å². The summed E-state index contributed by atoms with van der Waals surface area (Å²) in [6.07, 6.45) is 4.79. The van der Waals surface area contributed by atoms with E-state index in [2.05, 4.69) is 10.4 Å². The van der Waals surface area contributed by atoms with Gasteiger partial charge in [0.15, 0.2) is 5.75 Å². The highest BCUT2D eigenvalue weighted by Crippen LogP contribution is 2.55. The quantitative estimate of drug-likeness (QED) is 0.0708. The molecule has 2 aromatic carbocycles. The molecule has 1 amide bonds. The maximum absolute atomic E-state index is 14.4. The first-order valence-corrected chi connectivity index (χ1v) is 19.1. The number of anilines is 1. The van der Waals surface area contributed by atoms with E-state index in [1.54, 1.807) is 44.9 Å². The minimum atomic E-state index is -2.04. The van der Waals surface area contributed by atoms with Crippen LogP contribution in [0.2, 0.25) is 0 Å². The van der Waals surface area contributed by atoms with Crippen molar-refractivity contribution in [2.45, 2.75) is 99.4 Å². The lowest BCUT2D eigenvalue weighted by molar-refractivity contribution is -0.160. The summed E-state index contributed by atoms with van der Waals surface area (Å²) in [5.41, 5.74) is -0.392. The molecule has 57 heavy (non-hydrogen) atoms. The predicted octanol–water partition coefficient (Wildman–Crippen LogP) is 5.43. The zero-order valence-corrected chi connectivity index (χ0v) is 34.5. The molecular weight excluding hydrogens is 738 g/mol. The predicted molar refractivity (Wildman–Crippen MR) is 214 cm³/mol. The zero-order valence-electron chi connectivity index (χ0n) is 34.5. The van der Waals surface area contributed by atoms with Crippen LogP contribution in [0.4, 0.5) is 5.69 Å². The molecule has 6 N–H and O–H groups in total. The Morgan fingerprint density at radius 1 is 0.965 bits per heavy atom. The Kier molecular flexibility index (Phi) is 14.1. The molecule has 0 saturated heterocycles. The third kappa shape index (κ3) is 8.75. The number of nitrogens with zero attached hydrogens (tertiary/aromatic N) is 2. The van der Waals surface area contributed by atoms with Crippen LogP contribution in [0.5, 0.6) is 23.0 Å². The first kappa shape index (κ1) is 44.6. The van der Waals surface area contributed by atoms with Crippen LogP contribution in [0, 0.1) is 30.6 Å². The summed E-state index contributed by atoms with van der Waals surface area (Å²) >= 11 is 0. The number of fused-ring (bicyclic) bond motifs is 14. The lowest BCUT2D eigenvalue weighted by Crippen LogP contribution is -2.46.